The highest BCUT2D eigenvalue weighted by Crippen LogP contribution is 2.33. The van der Waals surface area contributed by atoms with Crippen molar-refractivity contribution in [3.63, 3.8) is 0 Å². The molecule has 92 valence electrons. The molecule has 0 fully saturated rings. The number of nitrogens with zero attached hydrogens (tertiary/aromatic N) is 3. The standard InChI is InChI=1S/C15H11N3S/c1-10-4-5-13-11(7-10)8-14(19-13)12-9-16-15-3-2-6-17-18(12)15/h2-9H,1H3. The summed E-state index contributed by atoms with van der Waals surface area (Å²) in [5.41, 5.74) is 3.22. The van der Waals surface area contributed by atoms with E-state index < -0.39 is 0 Å². The topological polar surface area (TPSA) is 30.2 Å². The van der Waals surface area contributed by atoms with Gasteiger partial charge in [-0.05, 0) is 36.6 Å². The summed E-state index contributed by atoms with van der Waals surface area (Å²) in [5.74, 6) is 0. The van der Waals surface area contributed by atoms with Crippen LogP contribution in [-0.4, -0.2) is 14.6 Å². The van der Waals surface area contributed by atoms with Crippen LogP contribution in [-0.2, 0) is 0 Å². The molecular weight excluding hydrogens is 254 g/mol. The first-order chi connectivity index (χ1) is 9.31. The molecule has 3 aromatic heterocycles. The lowest BCUT2D eigenvalue weighted by Gasteiger charge is -1.95. The highest BCUT2D eigenvalue weighted by molar-refractivity contribution is 7.22. The lowest BCUT2D eigenvalue weighted by atomic mass is 10.2. The van der Waals surface area contributed by atoms with Crippen LogP contribution in [0.1, 0.15) is 5.56 Å². The Bertz CT molecular complexity index is 889. The van der Waals surface area contributed by atoms with Crippen LogP contribution in [0.4, 0.5) is 0 Å². The lowest BCUT2D eigenvalue weighted by Crippen LogP contribution is -1.90. The third-order valence-electron chi connectivity index (χ3n) is 3.20. The quantitative estimate of drug-likeness (QED) is 0.522. The molecule has 0 N–H and O–H groups in total. The zero-order valence-corrected chi connectivity index (χ0v) is 11.2. The highest BCUT2D eigenvalue weighted by Gasteiger charge is 2.10. The van der Waals surface area contributed by atoms with Crippen LogP contribution in [0.2, 0.25) is 0 Å². The number of imidazole rings is 1. The third-order valence-corrected chi connectivity index (χ3v) is 4.34. The summed E-state index contributed by atoms with van der Waals surface area (Å²) in [7, 11) is 0. The Labute approximate surface area is 114 Å². The number of fused-ring (bicyclic) bond motifs is 2. The summed E-state index contributed by atoms with van der Waals surface area (Å²) >= 11 is 1.78. The largest absolute Gasteiger partial charge is 0.235 e. The van der Waals surface area contributed by atoms with E-state index in [0.29, 0.717) is 0 Å². The van der Waals surface area contributed by atoms with Gasteiger partial charge in [-0.2, -0.15) is 5.10 Å². The zero-order valence-electron chi connectivity index (χ0n) is 10.4. The number of aromatic nitrogens is 3. The first kappa shape index (κ1) is 10.7. The molecule has 0 amide bonds. The molecule has 0 saturated heterocycles. The van der Waals surface area contributed by atoms with E-state index >= 15 is 0 Å². The van der Waals surface area contributed by atoms with E-state index in [1.54, 1.807) is 17.5 Å². The van der Waals surface area contributed by atoms with Crippen molar-refractivity contribution in [2.45, 2.75) is 6.92 Å². The molecule has 0 aliphatic rings. The van der Waals surface area contributed by atoms with Crippen LogP contribution in [0.15, 0.2) is 48.8 Å². The van der Waals surface area contributed by atoms with Crippen molar-refractivity contribution in [3.8, 4) is 10.6 Å². The van der Waals surface area contributed by atoms with Gasteiger partial charge in [-0.3, -0.25) is 0 Å². The molecule has 3 heterocycles. The Morgan fingerprint density at radius 1 is 1.16 bits per heavy atom. The average Bonchev–Trinajstić information content (AvgIpc) is 3.00. The molecule has 4 heteroatoms. The normalized spacial score (nSPS) is 11.4. The van der Waals surface area contributed by atoms with Crippen LogP contribution >= 0.6 is 11.3 Å². The Morgan fingerprint density at radius 2 is 2.11 bits per heavy atom. The SMILES string of the molecule is Cc1ccc2sc(-c3cnc4cccnn34)cc2c1. The molecule has 0 radical (unpaired) electrons. The molecule has 19 heavy (non-hydrogen) atoms. The molecule has 1 aromatic carbocycles. The summed E-state index contributed by atoms with van der Waals surface area (Å²) in [4.78, 5) is 5.59. The molecule has 4 rings (SSSR count). The maximum atomic E-state index is 4.39. The third kappa shape index (κ3) is 1.64. The van der Waals surface area contributed by atoms with Gasteiger partial charge in [0.05, 0.1) is 11.1 Å². The van der Waals surface area contributed by atoms with Crippen LogP contribution in [0.5, 0.6) is 0 Å². The van der Waals surface area contributed by atoms with E-state index in [9.17, 15) is 0 Å². The van der Waals surface area contributed by atoms with Gasteiger partial charge in [-0.1, -0.05) is 17.7 Å². The predicted octanol–water partition coefficient (Wildman–Crippen LogP) is 3.92. The van der Waals surface area contributed by atoms with Crippen molar-refractivity contribution in [2.75, 3.05) is 0 Å². The van der Waals surface area contributed by atoms with Gasteiger partial charge in [0.25, 0.3) is 0 Å². The van der Waals surface area contributed by atoms with E-state index in [1.165, 1.54) is 20.5 Å². The van der Waals surface area contributed by atoms with Gasteiger partial charge in [-0.15, -0.1) is 11.3 Å². The zero-order chi connectivity index (χ0) is 12.8. The molecular formula is C15H11N3S. The summed E-state index contributed by atoms with van der Waals surface area (Å²) in [6.07, 6.45) is 3.68. The second-order valence-electron chi connectivity index (χ2n) is 4.59. The molecule has 0 aliphatic heterocycles. The number of aryl methyl sites for hydroxylation is 1. The van der Waals surface area contributed by atoms with Gasteiger partial charge in [0.2, 0.25) is 0 Å². The lowest BCUT2D eigenvalue weighted by molar-refractivity contribution is 0.945. The van der Waals surface area contributed by atoms with Crippen molar-refractivity contribution in [1.29, 1.82) is 0 Å². The Morgan fingerprint density at radius 3 is 3.05 bits per heavy atom. The average molecular weight is 265 g/mol. The van der Waals surface area contributed by atoms with Crippen LogP contribution in [0, 0.1) is 6.92 Å². The Kier molecular flexibility index (Phi) is 2.19. The van der Waals surface area contributed by atoms with E-state index in [0.717, 1.165) is 11.3 Å². The van der Waals surface area contributed by atoms with Gasteiger partial charge < -0.3 is 0 Å². The molecule has 0 bridgehead atoms. The number of hydrogen-bond donors (Lipinski definition) is 0. The summed E-state index contributed by atoms with van der Waals surface area (Å²) < 4.78 is 3.18. The molecule has 0 aliphatic carbocycles. The number of thiophene rings is 1. The minimum atomic E-state index is 0.881. The van der Waals surface area contributed by atoms with Crippen molar-refractivity contribution in [3.05, 3.63) is 54.4 Å². The monoisotopic (exact) mass is 265 g/mol. The Balaban J connectivity index is 1.99. The number of benzene rings is 1. The number of rotatable bonds is 1. The van der Waals surface area contributed by atoms with Crippen molar-refractivity contribution in [1.82, 2.24) is 14.6 Å². The smallest absolute Gasteiger partial charge is 0.154 e. The van der Waals surface area contributed by atoms with E-state index in [2.05, 4.69) is 41.3 Å². The second-order valence-corrected chi connectivity index (χ2v) is 5.67. The van der Waals surface area contributed by atoms with Gasteiger partial charge in [0.15, 0.2) is 5.65 Å². The first-order valence-corrected chi connectivity index (χ1v) is 6.92. The molecule has 0 unspecified atom stereocenters. The molecule has 4 aromatic rings. The van der Waals surface area contributed by atoms with E-state index in [4.69, 9.17) is 0 Å². The summed E-state index contributed by atoms with van der Waals surface area (Å²) in [5, 5.41) is 5.65. The van der Waals surface area contributed by atoms with Gasteiger partial charge in [0, 0.05) is 10.9 Å². The van der Waals surface area contributed by atoms with Gasteiger partial charge in [0.1, 0.15) is 5.69 Å². The van der Waals surface area contributed by atoms with E-state index in [-0.39, 0.29) is 0 Å². The van der Waals surface area contributed by atoms with Gasteiger partial charge in [-0.25, -0.2) is 9.50 Å². The van der Waals surface area contributed by atoms with Crippen molar-refractivity contribution < 1.29 is 0 Å². The fourth-order valence-electron chi connectivity index (χ4n) is 2.29. The Hall–Kier alpha value is -2.20. The molecule has 0 saturated carbocycles. The van der Waals surface area contributed by atoms with Crippen LogP contribution in [0.25, 0.3) is 26.3 Å². The van der Waals surface area contributed by atoms with E-state index in [1.807, 2.05) is 22.8 Å². The first-order valence-electron chi connectivity index (χ1n) is 6.10. The minimum absolute atomic E-state index is 0.881. The second kappa shape index (κ2) is 3.90. The van der Waals surface area contributed by atoms with Crippen LogP contribution < -0.4 is 0 Å². The maximum absolute atomic E-state index is 4.39. The fraction of sp³-hybridized carbons (Fsp3) is 0.0667. The van der Waals surface area contributed by atoms with Crippen molar-refractivity contribution in [2.24, 2.45) is 0 Å². The fourth-order valence-corrected chi connectivity index (χ4v) is 3.32. The number of hydrogen-bond acceptors (Lipinski definition) is 3. The van der Waals surface area contributed by atoms with Crippen molar-refractivity contribution >= 4 is 27.1 Å². The minimum Gasteiger partial charge on any atom is -0.235 e. The highest BCUT2D eigenvalue weighted by atomic mass is 32.1. The summed E-state index contributed by atoms with van der Waals surface area (Å²) in [6, 6.07) is 12.6. The van der Waals surface area contributed by atoms with Crippen LogP contribution in [0.3, 0.4) is 0 Å². The summed E-state index contributed by atoms with van der Waals surface area (Å²) in [6.45, 7) is 2.12. The molecule has 0 atom stereocenters. The molecule has 0 spiro atoms. The molecule has 3 nitrogen and oxygen atoms in total. The van der Waals surface area contributed by atoms with Gasteiger partial charge >= 0.3 is 0 Å². The maximum Gasteiger partial charge on any atom is 0.154 e. The predicted molar refractivity (Wildman–Crippen MR) is 78.5 cm³/mol.